The highest BCUT2D eigenvalue weighted by Crippen LogP contribution is 2.32. The van der Waals surface area contributed by atoms with Crippen LogP contribution in [0.25, 0.3) is 0 Å². The molecule has 0 heterocycles. The molecule has 0 bridgehead atoms. The van der Waals surface area contributed by atoms with Crippen molar-refractivity contribution in [3.63, 3.8) is 0 Å². The molecule has 1 rings (SSSR count). The second-order valence-corrected chi connectivity index (χ2v) is 4.30. The summed E-state index contributed by atoms with van der Waals surface area (Å²) in [7, 11) is 4.38. The van der Waals surface area contributed by atoms with Gasteiger partial charge in [-0.1, -0.05) is 24.6 Å². The summed E-state index contributed by atoms with van der Waals surface area (Å²) in [5.41, 5.74) is 1.15. The Labute approximate surface area is 93.7 Å². The number of methoxy groups -OCH3 is 1. The first-order valence-corrected chi connectivity index (χ1v) is 6.61. The number of para-hydroxylation sites is 1. The lowest BCUT2D eigenvalue weighted by Gasteiger charge is -2.11. The van der Waals surface area contributed by atoms with E-state index in [1.165, 1.54) is 29.8 Å². The first kappa shape index (κ1) is 12.1. The van der Waals surface area contributed by atoms with Crippen LogP contribution >= 0.6 is 0 Å². The van der Waals surface area contributed by atoms with Gasteiger partial charge >= 0.3 is 0 Å². The summed E-state index contributed by atoms with van der Waals surface area (Å²) in [5, 5.41) is 0. The molecule has 0 aliphatic rings. The van der Waals surface area contributed by atoms with Gasteiger partial charge in [-0.25, -0.2) is 0 Å². The van der Waals surface area contributed by atoms with E-state index in [2.05, 4.69) is 0 Å². The van der Waals surface area contributed by atoms with Crippen molar-refractivity contribution in [2.24, 2.45) is 0 Å². The molecule has 0 saturated carbocycles. The van der Waals surface area contributed by atoms with E-state index >= 15 is 0 Å². The van der Waals surface area contributed by atoms with Gasteiger partial charge in [-0.15, -0.1) is 0 Å². The van der Waals surface area contributed by atoms with Crippen LogP contribution in [0, 0.1) is 0 Å². The molecule has 4 heteroatoms. The van der Waals surface area contributed by atoms with Crippen LogP contribution in [0.3, 0.4) is 0 Å². The van der Waals surface area contributed by atoms with E-state index in [4.69, 9.17) is 14.5 Å². The standard InChI is InChI=1S/C11H18O3Si/c1-12-10-7-3-5-9(6-4-8-15)11(10)14-13-2/h3,5,7H,4,6,8H2,1-2,15H3. The molecule has 84 valence electrons. The van der Waals surface area contributed by atoms with Crippen molar-refractivity contribution in [1.29, 1.82) is 0 Å². The van der Waals surface area contributed by atoms with Crippen molar-refractivity contribution in [2.75, 3.05) is 14.2 Å². The minimum atomic E-state index is 0.706. The normalized spacial score (nSPS) is 10.3. The molecule has 0 amide bonds. The Balaban J connectivity index is 2.90. The molecule has 0 spiro atoms. The third kappa shape index (κ3) is 3.25. The fourth-order valence-corrected chi connectivity index (χ4v) is 1.82. The van der Waals surface area contributed by atoms with E-state index in [0.717, 1.165) is 17.7 Å². The smallest absolute Gasteiger partial charge is 0.210 e. The average molecular weight is 226 g/mol. The van der Waals surface area contributed by atoms with E-state index in [1.807, 2.05) is 18.2 Å². The van der Waals surface area contributed by atoms with Gasteiger partial charge in [-0.2, -0.15) is 4.89 Å². The van der Waals surface area contributed by atoms with Gasteiger partial charge in [0.15, 0.2) is 5.75 Å². The minimum Gasteiger partial charge on any atom is -0.493 e. The van der Waals surface area contributed by atoms with E-state index in [-0.39, 0.29) is 0 Å². The third-order valence-electron chi connectivity index (χ3n) is 2.25. The van der Waals surface area contributed by atoms with E-state index in [0.29, 0.717) is 5.75 Å². The molecule has 0 fully saturated rings. The maximum Gasteiger partial charge on any atom is 0.210 e. The molecule has 0 atom stereocenters. The quantitative estimate of drug-likeness (QED) is 0.416. The predicted molar refractivity (Wildman–Crippen MR) is 63.7 cm³/mol. The van der Waals surface area contributed by atoms with Crippen LogP contribution in [0.15, 0.2) is 18.2 Å². The second kappa shape index (κ2) is 6.47. The first-order chi connectivity index (χ1) is 7.33. The molecule has 1 aromatic rings. The number of hydrogen-bond acceptors (Lipinski definition) is 3. The van der Waals surface area contributed by atoms with E-state index < -0.39 is 0 Å². The van der Waals surface area contributed by atoms with Crippen LogP contribution in [0.5, 0.6) is 11.5 Å². The topological polar surface area (TPSA) is 27.7 Å². The Hall–Kier alpha value is -1.00. The van der Waals surface area contributed by atoms with Gasteiger partial charge in [0.2, 0.25) is 5.75 Å². The Bertz CT molecular complexity index is 302. The highest BCUT2D eigenvalue weighted by Gasteiger charge is 2.10. The molecule has 0 radical (unpaired) electrons. The average Bonchev–Trinajstić information content (AvgIpc) is 2.28. The Morgan fingerprint density at radius 1 is 1.27 bits per heavy atom. The van der Waals surface area contributed by atoms with Crippen LogP contribution < -0.4 is 9.62 Å². The minimum absolute atomic E-state index is 0.706. The van der Waals surface area contributed by atoms with Gasteiger partial charge in [0.1, 0.15) is 0 Å². The van der Waals surface area contributed by atoms with Gasteiger partial charge in [0.25, 0.3) is 0 Å². The summed E-state index contributed by atoms with van der Waals surface area (Å²) < 4.78 is 5.22. The second-order valence-electron chi connectivity index (χ2n) is 3.30. The molecular formula is C11H18O3Si. The van der Waals surface area contributed by atoms with Gasteiger partial charge in [-0.05, 0) is 12.5 Å². The van der Waals surface area contributed by atoms with Crippen LogP contribution in [0.1, 0.15) is 12.0 Å². The summed E-state index contributed by atoms with van der Waals surface area (Å²) in [4.78, 5) is 9.86. The van der Waals surface area contributed by atoms with Crippen molar-refractivity contribution in [3.05, 3.63) is 23.8 Å². The van der Waals surface area contributed by atoms with Crippen LogP contribution in [0.4, 0.5) is 0 Å². The molecule has 0 aliphatic heterocycles. The molecule has 0 unspecified atom stereocenters. The van der Waals surface area contributed by atoms with Gasteiger partial charge in [0, 0.05) is 15.8 Å². The predicted octanol–water partition coefficient (Wildman–Crippen LogP) is 1.35. The number of rotatable bonds is 6. The molecular weight excluding hydrogens is 208 g/mol. The van der Waals surface area contributed by atoms with Crippen molar-refractivity contribution < 1.29 is 14.5 Å². The van der Waals surface area contributed by atoms with Crippen molar-refractivity contribution in [3.8, 4) is 11.5 Å². The molecule has 1 aromatic carbocycles. The molecule has 0 aromatic heterocycles. The Morgan fingerprint density at radius 3 is 2.67 bits per heavy atom. The maximum absolute atomic E-state index is 5.22. The van der Waals surface area contributed by atoms with Crippen molar-refractivity contribution in [1.82, 2.24) is 0 Å². The highest BCUT2D eigenvalue weighted by molar-refractivity contribution is 6.08. The van der Waals surface area contributed by atoms with E-state index in [9.17, 15) is 0 Å². The first-order valence-electron chi connectivity index (χ1n) is 5.20. The Kier molecular flexibility index (Phi) is 5.21. The summed E-state index contributed by atoms with van der Waals surface area (Å²) >= 11 is 0. The third-order valence-corrected chi connectivity index (χ3v) is 2.95. The fraction of sp³-hybridized carbons (Fsp3) is 0.455. The molecule has 3 nitrogen and oxygen atoms in total. The Morgan fingerprint density at radius 2 is 2.07 bits per heavy atom. The fourth-order valence-electron chi connectivity index (χ4n) is 1.46. The summed E-state index contributed by atoms with van der Waals surface area (Å²) in [5.74, 6) is 1.43. The zero-order valence-electron chi connectivity index (χ0n) is 9.58. The number of hydrogen-bond donors (Lipinski definition) is 0. The largest absolute Gasteiger partial charge is 0.493 e. The lowest BCUT2D eigenvalue weighted by Crippen LogP contribution is -1.99. The van der Waals surface area contributed by atoms with Gasteiger partial charge in [-0.3, -0.25) is 0 Å². The zero-order chi connectivity index (χ0) is 11.1. The van der Waals surface area contributed by atoms with Crippen molar-refractivity contribution >= 4 is 10.2 Å². The van der Waals surface area contributed by atoms with Crippen LogP contribution in [-0.4, -0.2) is 24.5 Å². The molecule has 0 N–H and O–H groups in total. The lowest BCUT2D eigenvalue weighted by atomic mass is 10.1. The number of ether oxygens (including phenoxy) is 1. The molecule has 15 heavy (non-hydrogen) atoms. The lowest BCUT2D eigenvalue weighted by molar-refractivity contribution is -0.179. The molecule has 0 saturated heterocycles. The molecule has 0 aliphatic carbocycles. The van der Waals surface area contributed by atoms with Gasteiger partial charge in [0.05, 0.1) is 14.2 Å². The number of benzene rings is 1. The van der Waals surface area contributed by atoms with Gasteiger partial charge < -0.3 is 9.62 Å². The zero-order valence-corrected chi connectivity index (χ0v) is 11.6. The van der Waals surface area contributed by atoms with E-state index in [1.54, 1.807) is 7.11 Å². The summed E-state index contributed by atoms with van der Waals surface area (Å²) in [6, 6.07) is 7.19. The summed E-state index contributed by atoms with van der Waals surface area (Å²) in [6.45, 7) is 0. The number of aryl methyl sites for hydroxylation is 1. The van der Waals surface area contributed by atoms with Crippen LogP contribution in [-0.2, 0) is 11.3 Å². The maximum atomic E-state index is 5.22. The highest BCUT2D eigenvalue weighted by atomic mass is 28.1. The SMILES string of the molecule is COOc1c(CCC[SiH3])cccc1OC. The summed E-state index contributed by atoms with van der Waals surface area (Å²) in [6.07, 6.45) is 2.21. The van der Waals surface area contributed by atoms with Crippen LogP contribution in [0.2, 0.25) is 6.04 Å². The monoisotopic (exact) mass is 226 g/mol. The van der Waals surface area contributed by atoms with Crippen molar-refractivity contribution in [2.45, 2.75) is 18.9 Å².